The maximum atomic E-state index is 9.38. The topological polar surface area (TPSA) is 72.3 Å². The maximum Gasteiger partial charge on any atom is 0.283 e. The van der Waals surface area contributed by atoms with E-state index in [1.54, 1.807) is 30.8 Å². The van der Waals surface area contributed by atoms with E-state index in [-0.39, 0.29) is 11.4 Å². The van der Waals surface area contributed by atoms with Crippen molar-refractivity contribution in [2.75, 3.05) is 0 Å². The highest BCUT2D eigenvalue weighted by Gasteiger charge is 2.14. The number of hydrogen-bond acceptors (Lipinski definition) is 6. The van der Waals surface area contributed by atoms with Crippen LogP contribution in [0.3, 0.4) is 0 Å². The lowest BCUT2D eigenvalue weighted by Crippen LogP contribution is -2.15. The Kier molecular flexibility index (Phi) is 4.47. The Morgan fingerprint density at radius 2 is 2.11 bits per heavy atom. The van der Waals surface area contributed by atoms with Crippen LogP contribution in [0, 0.1) is 0 Å². The molecule has 1 N–H and O–H groups in total. The van der Waals surface area contributed by atoms with Crippen LogP contribution >= 0.6 is 27.7 Å². The Hall–Kier alpha value is -0.790. The van der Waals surface area contributed by atoms with E-state index in [9.17, 15) is 5.11 Å². The first-order valence-corrected chi connectivity index (χ1v) is 7.28. The van der Waals surface area contributed by atoms with Crippen molar-refractivity contribution in [3.05, 3.63) is 22.7 Å². The molecule has 0 bridgehead atoms. The maximum absolute atomic E-state index is 9.38. The lowest BCUT2D eigenvalue weighted by atomic mass is 10.3. The predicted octanol–water partition coefficient (Wildman–Crippen LogP) is 3.09. The minimum atomic E-state index is -0.363. The highest BCUT2D eigenvalue weighted by molar-refractivity contribution is 9.10. The zero-order valence-corrected chi connectivity index (χ0v) is 12.4. The summed E-state index contributed by atoms with van der Waals surface area (Å²) in [5.41, 5.74) is 0. The quantitative estimate of drug-likeness (QED) is 0.906. The van der Waals surface area contributed by atoms with Gasteiger partial charge in [-0.1, -0.05) is 6.92 Å². The predicted molar refractivity (Wildman–Crippen MR) is 72.1 cm³/mol. The molecule has 0 spiro atoms. The molecule has 0 aliphatic carbocycles. The molecule has 0 aromatic carbocycles. The number of nitrogens with zero attached hydrogens (tertiary/aromatic N) is 2. The summed E-state index contributed by atoms with van der Waals surface area (Å²) in [5.74, 6) is 1.99. The van der Waals surface area contributed by atoms with Crippen molar-refractivity contribution in [1.82, 2.24) is 10.2 Å². The van der Waals surface area contributed by atoms with E-state index in [2.05, 4.69) is 26.1 Å². The Morgan fingerprint density at radius 1 is 1.33 bits per heavy atom. The summed E-state index contributed by atoms with van der Waals surface area (Å²) >= 11 is 4.78. The monoisotopic (exact) mass is 332 g/mol. The van der Waals surface area contributed by atoms with Gasteiger partial charge in [-0.05, 0) is 35.0 Å². The first-order valence-electron chi connectivity index (χ1n) is 5.44. The molecule has 2 aromatic rings. The third kappa shape index (κ3) is 3.37. The van der Waals surface area contributed by atoms with Gasteiger partial charge in [-0.25, -0.2) is 0 Å². The van der Waals surface area contributed by atoms with E-state index >= 15 is 0 Å². The number of thioether (sulfide) groups is 1. The highest BCUT2D eigenvalue weighted by atomic mass is 79.9. The third-order valence-electron chi connectivity index (χ3n) is 2.40. The van der Waals surface area contributed by atoms with Crippen molar-refractivity contribution in [2.24, 2.45) is 0 Å². The molecular weight excluding hydrogens is 320 g/mol. The number of aliphatic hydroxyl groups is 1. The molecule has 98 valence electrons. The van der Waals surface area contributed by atoms with Gasteiger partial charge < -0.3 is 13.9 Å². The van der Waals surface area contributed by atoms with Crippen LogP contribution in [-0.2, 0) is 5.75 Å². The normalized spacial score (nSPS) is 14.7. The average Bonchev–Trinajstić information content (AvgIpc) is 2.94. The van der Waals surface area contributed by atoms with Gasteiger partial charge in [0.05, 0.1) is 11.9 Å². The van der Waals surface area contributed by atoms with E-state index in [1.165, 1.54) is 0 Å². The summed E-state index contributed by atoms with van der Waals surface area (Å²) in [6.45, 7) is 3.72. The fraction of sp³-hybridized carbons (Fsp3) is 0.455. The highest BCUT2D eigenvalue weighted by Crippen LogP contribution is 2.25. The van der Waals surface area contributed by atoms with Gasteiger partial charge in [0, 0.05) is 5.25 Å². The van der Waals surface area contributed by atoms with Crippen LogP contribution in [0.2, 0.25) is 0 Å². The molecule has 2 aromatic heterocycles. The number of aliphatic hydroxyl groups excluding tert-OH is 1. The molecule has 0 aliphatic rings. The first-order chi connectivity index (χ1) is 8.56. The van der Waals surface area contributed by atoms with Crippen molar-refractivity contribution in [1.29, 1.82) is 0 Å². The van der Waals surface area contributed by atoms with Crippen molar-refractivity contribution >= 4 is 27.7 Å². The standard InChI is InChI=1S/C11H13BrN2O3S/c1-6(15)7(2)18-5-10-13-14-11(17-10)8-3-4-9(12)16-8/h3-4,6-7,15H,5H2,1-2H3. The van der Waals surface area contributed by atoms with Crippen molar-refractivity contribution in [2.45, 2.75) is 31.0 Å². The van der Waals surface area contributed by atoms with Crippen molar-refractivity contribution in [3.63, 3.8) is 0 Å². The molecule has 2 heterocycles. The zero-order chi connectivity index (χ0) is 13.1. The first kappa shape index (κ1) is 13.6. The molecule has 2 rings (SSSR count). The molecule has 0 fully saturated rings. The van der Waals surface area contributed by atoms with Gasteiger partial charge in [0.1, 0.15) is 0 Å². The minimum Gasteiger partial charge on any atom is -0.444 e. The Balaban J connectivity index is 1.98. The molecule has 0 amide bonds. The lowest BCUT2D eigenvalue weighted by Gasteiger charge is -2.11. The molecule has 0 radical (unpaired) electrons. The van der Waals surface area contributed by atoms with Crippen molar-refractivity contribution in [3.8, 4) is 11.7 Å². The summed E-state index contributed by atoms with van der Waals surface area (Å²) in [5, 5.41) is 17.4. The van der Waals surface area contributed by atoms with Gasteiger partial charge in [-0.2, -0.15) is 0 Å². The molecule has 18 heavy (non-hydrogen) atoms. The number of halogens is 1. The van der Waals surface area contributed by atoms with Gasteiger partial charge in [0.15, 0.2) is 10.4 Å². The van der Waals surface area contributed by atoms with Crippen molar-refractivity contribution < 1.29 is 13.9 Å². The van der Waals surface area contributed by atoms with E-state index in [4.69, 9.17) is 8.83 Å². The van der Waals surface area contributed by atoms with Crippen LogP contribution in [-0.4, -0.2) is 26.7 Å². The van der Waals surface area contributed by atoms with Gasteiger partial charge in [-0.3, -0.25) is 0 Å². The number of hydrogen-bond donors (Lipinski definition) is 1. The van der Waals surface area contributed by atoms with E-state index in [0.29, 0.717) is 28.0 Å². The summed E-state index contributed by atoms with van der Waals surface area (Å²) in [4.78, 5) is 0. The fourth-order valence-corrected chi connectivity index (χ4v) is 2.29. The molecule has 5 nitrogen and oxygen atoms in total. The Labute approximate surface area is 117 Å². The molecule has 2 unspecified atom stereocenters. The zero-order valence-electron chi connectivity index (χ0n) is 9.96. The van der Waals surface area contributed by atoms with Crippen LogP contribution in [0.4, 0.5) is 0 Å². The smallest absolute Gasteiger partial charge is 0.283 e. The third-order valence-corrected chi connectivity index (χ3v) is 4.16. The minimum absolute atomic E-state index is 0.123. The van der Waals surface area contributed by atoms with Gasteiger partial charge in [0.2, 0.25) is 5.89 Å². The summed E-state index contributed by atoms with van der Waals surface area (Å²) in [6.07, 6.45) is -0.363. The molecule has 0 saturated carbocycles. The second-order valence-electron chi connectivity index (χ2n) is 3.86. The summed E-state index contributed by atoms with van der Waals surface area (Å²) < 4.78 is 11.4. The molecule has 0 aliphatic heterocycles. The van der Waals surface area contributed by atoms with Crippen LogP contribution in [0.25, 0.3) is 11.7 Å². The van der Waals surface area contributed by atoms with Gasteiger partial charge in [0.25, 0.3) is 5.89 Å². The molecular formula is C11H13BrN2O3S. The SMILES string of the molecule is CC(O)C(C)SCc1nnc(-c2ccc(Br)o2)o1. The molecule has 0 saturated heterocycles. The van der Waals surface area contributed by atoms with E-state index in [0.717, 1.165) is 0 Å². The number of furan rings is 1. The second kappa shape index (κ2) is 5.90. The summed E-state index contributed by atoms with van der Waals surface area (Å²) in [6, 6.07) is 3.52. The van der Waals surface area contributed by atoms with Crippen LogP contribution < -0.4 is 0 Å². The lowest BCUT2D eigenvalue weighted by molar-refractivity contribution is 0.196. The molecule has 2 atom stereocenters. The largest absolute Gasteiger partial charge is 0.444 e. The number of rotatable bonds is 5. The number of aromatic nitrogens is 2. The second-order valence-corrected chi connectivity index (χ2v) is 6.01. The Morgan fingerprint density at radius 3 is 2.72 bits per heavy atom. The van der Waals surface area contributed by atoms with Gasteiger partial charge >= 0.3 is 0 Å². The van der Waals surface area contributed by atoms with Gasteiger partial charge in [-0.15, -0.1) is 22.0 Å². The summed E-state index contributed by atoms with van der Waals surface area (Å²) in [7, 11) is 0. The van der Waals surface area contributed by atoms with E-state index in [1.807, 2.05) is 6.92 Å². The average molecular weight is 333 g/mol. The molecule has 7 heteroatoms. The van der Waals surface area contributed by atoms with E-state index < -0.39 is 0 Å². The Bertz CT molecular complexity index is 512. The van der Waals surface area contributed by atoms with Crippen LogP contribution in [0.1, 0.15) is 19.7 Å². The fourth-order valence-electron chi connectivity index (χ4n) is 1.18. The van der Waals surface area contributed by atoms with Crippen LogP contribution in [0.15, 0.2) is 25.6 Å². The van der Waals surface area contributed by atoms with Crippen LogP contribution in [0.5, 0.6) is 0 Å².